The van der Waals surface area contributed by atoms with E-state index >= 15 is 0 Å². The van der Waals surface area contributed by atoms with Crippen LogP contribution in [0.1, 0.15) is 106 Å². The highest BCUT2D eigenvalue weighted by Crippen LogP contribution is 2.75. The molecule has 3 N–H and O–H groups in total. The molecule has 192 valence electrons. The summed E-state index contributed by atoms with van der Waals surface area (Å²) in [7, 11) is 0. The molecule has 0 aromatic heterocycles. The third kappa shape index (κ3) is 2.88. The third-order valence-corrected chi connectivity index (χ3v) is 13.0. The van der Waals surface area contributed by atoms with Crippen LogP contribution in [0.3, 0.4) is 0 Å². The molecule has 4 nitrogen and oxygen atoms in total. The number of hydrogen-bond donors (Lipinski definition) is 3. The fourth-order valence-electron chi connectivity index (χ4n) is 10.8. The summed E-state index contributed by atoms with van der Waals surface area (Å²) < 4.78 is 0. The number of carboxylic acids is 1. The summed E-state index contributed by atoms with van der Waals surface area (Å²) in [5.74, 6) is 0.365. The first kappa shape index (κ1) is 24.8. The molecule has 9 atom stereocenters. The van der Waals surface area contributed by atoms with Gasteiger partial charge in [0.25, 0.3) is 0 Å². The number of aliphatic hydroxyl groups is 2. The highest BCUT2D eigenvalue weighted by Gasteiger charge is 2.70. The molecular formula is C30H48O4. The molecule has 4 heteroatoms. The summed E-state index contributed by atoms with van der Waals surface area (Å²) in [5.41, 5.74) is 0.754. The van der Waals surface area contributed by atoms with Crippen molar-refractivity contribution in [3.05, 3.63) is 11.6 Å². The smallest absolute Gasteiger partial charge is 0.310 e. The minimum Gasteiger partial charge on any atom is -0.481 e. The molecule has 5 rings (SSSR count). The molecule has 5 aliphatic carbocycles. The van der Waals surface area contributed by atoms with Crippen LogP contribution in [0.4, 0.5) is 0 Å². The van der Waals surface area contributed by atoms with Crippen molar-refractivity contribution in [1.29, 1.82) is 0 Å². The van der Waals surface area contributed by atoms with Gasteiger partial charge in [-0.05, 0) is 103 Å². The van der Waals surface area contributed by atoms with E-state index in [0.717, 1.165) is 51.4 Å². The average molecular weight is 473 g/mol. The zero-order valence-electron chi connectivity index (χ0n) is 22.6. The summed E-state index contributed by atoms with van der Waals surface area (Å²) in [6, 6.07) is 0. The standard InChI is InChI=1S/C30H48O4/c1-25(2)12-14-30(24(33)34)15-13-28(6)18(19(30)16-25)8-9-22-27(5)17-20(31)23(32)26(3,4)21(27)10-11-29(22,28)7/h8,19-23,31-32H,9-17H2,1-7H3,(H,33,34)/t19-,20+,21+,22-,23-,27-,28-,29+,30+/m1/s1. The average Bonchev–Trinajstić information content (AvgIpc) is 2.72. The number of carbonyl (C=O) groups is 1. The largest absolute Gasteiger partial charge is 0.481 e. The van der Waals surface area contributed by atoms with E-state index in [4.69, 9.17) is 0 Å². The highest BCUT2D eigenvalue weighted by atomic mass is 16.4. The van der Waals surface area contributed by atoms with Crippen LogP contribution < -0.4 is 0 Å². The summed E-state index contributed by atoms with van der Waals surface area (Å²) >= 11 is 0. The van der Waals surface area contributed by atoms with E-state index < -0.39 is 23.6 Å². The Bertz CT molecular complexity index is 919. The van der Waals surface area contributed by atoms with E-state index in [9.17, 15) is 20.1 Å². The lowest BCUT2D eigenvalue weighted by molar-refractivity contribution is -0.231. The van der Waals surface area contributed by atoms with Gasteiger partial charge in [0.2, 0.25) is 0 Å². The van der Waals surface area contributed by atoms with E-state index in [1.54, 1.807) is 0 Å². The van der Waals surface area contributed by atoms with Crippen LogP contribution in [0.25, 0.3) is 0 Å². The maximum Gasteiger partial charge on any atom is 0.310 e. The number of rotatable bonds is 1. The lowest BCUT2D eigenvalue weighted by atomic mass is 9.33. The summed E-state index contributed by atoms with van der Waals surface area (Å²) in [6.07, 6.45) is 9.45. The van der Waals surface area contributed by atoms with Gasteiger partial charge in [0.1, 0.15) is 0 Å². The van der Waals surface area contributed by atoms with Gasteiger partial charge >= 0.3 is 5.97 Å². The Morgan fingerprint density at radius 3 is 2.18 bits per heavy atom. The molecule has 0 aliphatic heterocycles. The monoisotopic (exact) mass is 472 g/mol. The number of aliphatic hydroxyl groups excluding tert-OH is 2. The fourth-order valence-corrected chi connectivity index (χ4v) is 10.8. The van der Waals surface area contributed by atoms with Crippen molar-refractivity contribution in [1.82, 2.24) is 0 Å². The Hall–Kier alpha value is -0.870. The minimum atomic E-state index is -0.679. The van der Waals surface area contributed by atoms with Crippen LogP contribution in [0.2, 0.25) is 0 Å². The van der Waals surface area contributed by atoms with Gasteiger partial charge in [0, 0.05) is 0 Å². The molecule has 0 heterocycles. The van der Waals surface area contributed by atoms with Gasteiger partial charge in [-0.1, -0.05) is 60.1 Å². The van der Waals surface area contributed by atoms with Crippen LogP contribution in [-0.2, 0) is 4.79 Å². The summed E-state index contributed by atoms with van der Waals surface area (Å²) in [6.45, 7) is 16.3. The zero-order valence-corrected chi connectivity index (χ0v) is 22.6. The van der Waals surface area contributed by atoms with Gasteiger partial charge in [-0.3, -0.25) is 4.79 Å². The fraction of sp³-hybridized carbons (Fsp3) is 0.900. The van der Waals surface area contributed by atoms with Gasteiger partial charge in [0.05, 0.1) is 17.6 Å². The number of fused-ring (bicyclic) bond motifs is 7. The van der Waals surface area contributed by atoms with Crippen molar-refractivity contribution in [2.75, 3.05) is 0 Å². The van der Waals surface area contributed by atoms with Gasteiger partial charge in [-0.25, -0.2) is 0 Å². The number of aliphatic carboxylic acids is 1. The predicted octanol–water partition coefficient (Wildman–Crippen LogP) is 6.20. The molecule has 0 unspecified atom stereocenters. The first-order chi connectivity index (χ1) is 15.6. The molecule has 0 aromatic carbocycles. The van der Waals surface area contributed by atoms with E-state index in [1.807, 2.05) is 0 Å². The first-order valence-corrected chi connectivity index (χ1v) is 13.9. The Kier molecular flexibility index (Phi) is 5.20. The molecule has 0 aromatic rings. The van der Waals surface area contributed by atoms with E-state index in [2.05, 4.69) is 54.5 Å². The lowest BCUT2D eigenvalue weighted by Gasteiger charge is -2.71. The van der Waals surface area contributed by atoms with E-state index in [1.165, 1.54) is 5.57 Å². The molecule has 34 heavy (non-hydrogen) atoms. The van der Waals surface area contributed by atoms with Crippen molar-refractivity contribution >= 4 is 5.97 Å². The van der Waals surface area contributed by atoms with Crippen molar-refractivity contribution in [2.45, 2.75) is 118 Å². The maximum absolute atomic E-state index is 12.8. The first-order valence-electron chi connectivity index (χ1n) is 13.9. The number of allylic oxidation sites excluding steroid dienone is 2. The number of hydrogen-bond acceptors (Lipinski definition) is 3. The van der Waals surface area contributed by atoms with Crippen LogP contribution in [-0.4, -0.2) is 33.5 Å². The van der Waals surface area contributed by atoms with Crippen molar-refractivity contribution < 1.29 is 20.1 Å². The second kappa shape index (κ2) is 7.12. The molecule has 0 radical (unpaired) electrons. The molecular weight excluding hydrogens is 424 g/mol. The Labute approximate surface area is 206 Å². The SMILES string of the molecule is CC1(C)CC[C@]2(C(=O)O)CC[C@]3(C)C(=CC[C@@H]4[C@]5(C)C[C@H](O)[C@@H](O)C(C)(C)[C@@H]5CC[C@@]43C)[C@H]2C1. The third-order valence-electron chi connectivity index (χ3n) is 13.0. The van der Waals surface area contributed by atoms with Crippen LogP contribution in [0.15, 0.2) is 11.6 Å². The Morgan fingerprint density at radius 1 is 0.882 bits per heavy atom. The number of carboxylic acid groups (broad SMARTS) is 1. The molecule has 4 saturated carbocycles. The van der Waals surface area contributed by atoms with Crippen molar-refractivity contribution in [3.8, 4) is 0 Å². The van der Waals surface area contributed by atoms with Crippen molar-refractivity contribution in [2.24, 2.45) is 50.2 Å². The van der Waals surface area contributed by atoms with Crippen LogP contribution >= 0.6 is 0 Å². The van der Waals surface area contributed by atoms with E-state index in [-0.39, 0.29) is 33.0 Å². The highest BCUT2D eigenvalue weighted by molar-refractivity contribution is 5.76. The molecule has 5 aliphatic rings. The van der Waals surface area contributed by atoms with Crippen LogP contribution in [0.5, 0.6) is 0 Å². The molecule has 0 spiro atoms. The quantitative estimate of drug-likeness (QED) is 0.397. The zero-order chi connectivity index (χ0) is 25.1. The lowest BCUT2D eigenvalue weighted by Crippen LogP contribution is -2.67. The van der Waals surface area contributed by atoms with Gasteiger partial charge in [0.15, 0.2) is 0 Å². The normalized spacial score (nSPS) is 53.4. The Balaban J connectivity index is 1.61. The molecule has 4 fully saturated rings. The molecule has 0 bridgehead atoms. The summed E-state index contributed by atoms with van der Waals surface area (Å²) in [4.78, 5) is 12.8. The topological polar surface area (TPSA) is 77.8 Å². The predicted molar refractivity (Wildman–Crippen MR) is 134 cm³/mol. The van der Waals surface area contributed by atoms with Gasteiger partial charge < -0.3 is 15.3 Å². The van der Waals surface area contributed by atoms with Gasteiger partial charge in [-0.2, -0.15) is 0 Å². The molecule has 0 amide bonds. The minimum absolute atomic E-state index is 0.00785. The molecule has 0 saturated heterocycles. The second-order valence-electron chi connectivity index (χ2n) is 15.2. The second-order valence-corrected chi connectivity index (χ2v) is 15.2. The van der Waals surface area contributed by atoms with Crippen molar-refractivity contribution in [3.63, 3.8) is 0 Å². The van der Waals surface area contributed by atoms with Gasteiger partial charge in [-0.15, -0.1) is 0 Å². The van der Waals surface area contributed by atoms with Crippen LogP contribution in [0, 0.1) is 50.2 Å². The maximum atomic E-state index is 12.8. The Morgan fingerprint density at radius 2 is 1.53 bits per heavy atom. The summed E-state index contributed by atoms with van der Waals surface area (Å²) in [5, 5.41) is 32.4. The van der Waals surface area contributed by atoms with E-state index in [0.29, 0.717) is 18.3 Å².